The number of carbonyl (C=O) groups is 1. The fourth-order valence-electron chi connectivity index (χ4n) is 4.08. The standard InChI is InChI=1S/C26H25F2N5O2/c1-5-26(27,28)20-10-7-11-21(13-20)31-25(34)23-17(4)30-24(33(23)35)19-9-6-8-18(12-19)22-15(2)14-29-32-16(22)3/h6-14,30H,5H2,1-4H3,(H,31,34). The zero-order chi connectivity index (χ0) is 25.3. The summed E-state index contributed by atoms with van der Waals surface area (Å²) in [5.74, 6) is -3.51. The van der Waals surface area contributed by atoms with Gasteiger partial charge >= 0.3 is 0 Å². The number of aromatic nitrogens is 4. The summed E-state index contributed by atoms with van der Waals surface area (Å²) >= 11 is 0. The number of halogens is 2. The molecule has 0 radical (unpaired) electrons. The average molecular weight is 478 g/mol. The van der Waals surface area contributed by atoms with Crippen LogP contribution in [0.4, 0.5) is 14.5 Å². The first-order valence-corrected chi connectivity index (χ1v) is 11.1. The highest BCUT2D eigenvalue weighted by Gasteiger charge is 2.30. The number of hydrogen-bond donors (Lipinski definition) is 2. The van der Waals surface area contributed by atoms with Crippen LogP contribution in [0.2, 0.25) is 0 Å². The number of nitrogens with zero attached hydrogens (tertiary/aromatic N) is 3. The number of aromatic amines is 1. The van der Waals surface area contributed by atoms with Crippen LogP contribution >= 0.6 is 0 Å². The molecule has 0 saturated heterocycles. The van der Waals surface area contributed by atoms with E-state index in [1.807, 2.05) is 32.0 Å². The van der Waals surface area contributed by atoms with Crippen LogP contribution in [0, 0.1) is 26.0 Å². The Hall–Kier alpha value is -4.14. The normalized spacial score (nSPS) is 11.5. The van der Waals surface area contributed by atoms with Gasteiger partial charge < -0.3 is 10.5 Å². The van der Waals surface area contributed by atoms with Crippen molar-refractivity contribution in [1.82, 2.24) is 15.2 Å². The Bertz CT molecular complexity index is 1390. The van der Waals surface area contributed by atoms with Crippen LogP contribution in [0.15, 0.2) is 54.7 Å². The monoisotopic (exact) mass is 477 g/mol. The van der Waals surface area contributed by atoms with Crippen molar-refractivity contribution in [1.29, 1.82) is 0 Å². The molecule has 0 saturated carbocycles. The van der Waals surface area contributed by atoms with Gasteiger partial charge in [-0.2, -0.15) is 10.2 Å². The minimum Gasteiger partial charge on any atom is -0.710 e. The van der Waals surface area contributed by atoms with Crippen LogP contribution in [-0.4, -0.2) is 21.1 Å². The maximum Gasteiger partial charge on any atom is 0.300 e. The smallest absolute Gasteiger partial charge is 0.300 e. The van der Waals surface area contributed by atoms with Gasteiger partial charge in [0.2, 0.25) is 5.69 Å². The summed E-state index contributed by atoms with van der Waals surface area (Å²) in [5.41, 5.74) is 4.26. The number of carbonyl (C=O) groups excluding carboxylic acids is 1. The summed E-state index contributed by atoms with van der Waals surface area (Å²) in [5, 5.41) is 23.8. The molecular weight excluding hydrogens is 452 g/mol. The quantitative estimate of drug-likeness (QED) is 0.285. The number of rotatable bonds is 6. The summed E-state index contributed by atoms with van der Waals surface area (Å²) in [6.45, 7) is 6.80. The zero-order valence-electron chi connectivity index (χ0n) is 19.8. The van der Waals surface area contributed by atoms with E-state index in [-0.39, 0.29) is 29.2 Å². The van der Waals surface area contributed by atoms with Crippen molar-refractivity contribution >= 4 is 11.6 Å². The van der Waals surface area contributed by atoms with E-state index in [0.29, 0.717) is 16.0 Å². The highest BCUT2D eigenvalue weighted by atomic mass is 19.3. The number of alkyl halides is 2. The van der Waals surface area contributed by atoms with Gasteiger partial charge in [-0.15, -0.1) is 0 Å². The second-order valence-corrected chi connectivity index (χ2v) is 8.40. The molecule has 4 rings (SSSR count). The number of anilines is 1. The number of imidazole rings is 1. The van der Waals surface area contributed by atoms with Crippen LogP contribution in [0.5, 0.6) is 0 Å². The topological polar surface area (TPSA) is 97.6 Å². The summed E-state index contributed by atoms with van der Waals surface area (Å²) in [4.78, 5) is 15.9. The number of amides is 1. The molecule has 2 aromatic carbocycles. The number of H-pyrrole nitrogens is 1. The number of nitrogens with one attached hydrogen (secondary N) is 2. The third-order valence-electron chi connectivity index (χ3n) is 5.91. The molecule has 0 bridgehead atoms. The average Bonchev–Trinajstić information content (AvgIpc) is 3.13. The second kappa shape index (κ2) is 9.25. The Kier molecular flexibility index (Phi) is 6.34. The van der Waals surface area contributed by atoms with Crippen molar-refractivity contribution in [2.24, 2.45) is 0 Å². The number of benzene rings is 2. The van der Waals surface area contributed by atoms with Gasteiger partial charge in [0.05, 0.1) is 17.5 Å². The third-order valence-corrected chi connectivity index (χ3v) is 5.91. The summed E-state index contributed by atoms with van der Waals surface area (Å²) < 4.78 is 28.7. The first-order chi connectivity index (χ1) is 16.6. The maximum absolute atomic E-state index is 14.1. The largest absolute Gasteiger partial charge is 0.710 e. The van der Waals surface area contributed by atoms with Crippen molar-refractivity contribution in [3.05, 3.63) is 88.1 Å². The molecule has 9 heteroatoms. The lowest BCUT2D eigenvalue weighted by Gasteiger charge is -2.15. The van der Waals surface area contributed by atoms with E-state index in [1.165, 1.54) is 31.2 Å². The lowest BCUT2D eigenvalue weighted by molar-refractivity contribution is -0.594. The molecule has 2 aromatic heterocycles. The highest BCUT2D eigenvalue weighted by Crippen LogP contribution is 2.33. The Morgan fingerprint density at radius 2 is 1.83 bits per heavy atom. The Balaban J connectivity index is 1.67. The minimum atomic E-state index is -3.01. The van der Waals surface area contributed by atoms with Gasteiger partial charge in [-0.3, -0.25) is 4.79 Å². The van der Waals surface area contributed by atoms with Gasteiger partial charge in [0.25, 0.3) is 17.7 Å². The lowest BCUT2D eigenvalue weighted by atomic mass is 9.99. The van der Waals surface area contributed by atoms with Crippen LogP contribution in [0.3, 0.4) is 0 Å². The van der Waals surface area contributed by atoms with Crippen molar-refractivity contribution in [3.8, 4) is 22.5 Å². The Morgan fingerprint density at radius 3 is 2.54 bits per heavy atom. The fraction of sp³-hybridized carbons (Fsp3) is 0.231. The molecule has 0 spiro atoms. The molecular formula is C26H25F2N5O2. The molecule has 7 nitrogen and oxygen atoms in total. The van der Waals surface area contributed by atoms with E-state index >= 15 is 0 Å². The van der Waals surface area contributed by atoms with Crippen molar-refractivity contribution < 1.29 is 18.3 Å². The van der Waals surface area contributed by atoms with Gasteiger partial charge in [0, 0.05) is 30.2 Å². The molecule has 0 aliphatic heterocycles. The van der Waals surface area contributed by atoms with E-state index in [0.717, 1.165) is 22.4 Å². The van der Waals surface area contributed by atoms with Crippen molar-refractivity contribution in [2.75, 3.05) is 5.32 Å². The third kappa shape index (κ3) is 4.62. The van der Waals surface area contributed by atoms with Crippen LogP contribution in [-0.2, 0) is 5.92 Å². The second-order valence-electron chi connectivity index (χ2n) is 8.40. The molecule has 35 heavy (non-hydrogen) atoms. The predicted molar refractivity (Wildman–Crippen MR) is 129 cm³/mol. The van der Waals surface area contributed by atoms with Crippen LogP contribution in [0.1, 0.15) is 46.3 Å². The van der Waals surface area contributed by atoms with E-state index in [4.69, 9.17) is 0 Å². The van der Waals surface area contributed by atoms with Crippen molar-refractivity contribution in [3.63, 3.8) is 0 Å². The summed E-state index contributed by atoms with van der Waals surface area (Å²) in [7, 11) is 0. The Morgan fingerprint density at radius 1 is 1.11 bits per heavy atom. The molecule has 0 atom stereocenters. The van der Waals surface area contributed by atoms with Crippen LogP contribution in [0.25, 0.3) is 22.5 Å². The SMILES string of the molecule is CCC(F)(F)c1cccc(NC(=O)c2c(C)[nH]c(-c3cccc(-c4c(C)cnnc4C)c3)[n+]2[O-])c1. The molecule has 2 heterocycles. The molecule has 0 aliphatic rings. The van der Waals surface area contributed by atoms with E-state index in [2.05, 4.69) is 20.5 Å². The molecule has 0 unspecified atom stereocenters. The molecule has 0 fully saturated rings. The van der Waals surface area contributed by atoms with Gasteiger partial charge in [-0.05, 0) is 49.2 Å². The van der Waals surface area contributed by atoms with E-state index in [1.54, 1.807) is 19.2 Å². The number of hydrogen-bond acceptors (Lipinski definition) is 4. The van der Waals surface area contributed by atoms with Crippen molar-refractivity contribution in [2.45, 2.75) is 40.0 Å². The van der Waals surface area contributed by atoms with Gasteiger partial charge in [0.1, 0.15) is 0 Å². The zero-order valence-corrected chi connectivity index (χ0v) is 19.8. The molecule has 0 aliphatic carbocycles. The molecule has 2 N–H and O–H groups in total. The van der Waals surface area contributed by atoms with Gasteiger partial charge in [-0.1, -0.05) is 31.2 Å². The van der Waals surface area contributed by atoms with E-state index in [9.17, 15) is 18.8 Å². The minimum absolute atomic E-state index is 0.143. The van der Waals surface area contributed by atoms with Crippen LogP contribution < -0.4 is 10.0 Å². The maximum atomic E-state index is 14.1. The molecule has 4 aromatic rings. The van der Waals surface area contributed by atoms with E-state index < -0.39 is 11.8 Å². The highest BCUT2D eigenvalue weighted by molar-refractivity contribution is 6.02. The van der Waals surface area contributed by atoms with Gasteiger partial charge in [-0.25, -0.2) is 18.5 Å². The fourth-order valence-corrected chi connectivity index (χ4v) is 4.08. The lowest BCUT2D eigenvalue weighted by Crippen LogP contribution is -2.36. The first kappa shape index (κ1) is 24.0. The summed E-state index contributed by atoms with van der Waals surface area (Å²) in [6, 6.07) is 12.8. The molecule has 180 valence electrons. The predicted octanol–water partition coefficient (Wildman–Crippen LogP) is 5.45. The van der Waals surface area contributed by atoms with Gasteiger partial charge in [0.15, 0.2) is 5.69 Å². The summed E-state index contributed by atoms with van der Waals surface area (Å²) in [6.07, 6.45) is 1.31. The Labute approximate surface area is 201 Å². The first-order valence-electron chi connectivity index (χ1n) is 11.1. The number of aryl methyl sites for hydroxylation is 3. The molecule has 1 amide bonds.